The number of likely N-dealkylation sites (N-methyl/N-ethyl adjacent to an activating group) is 1. The monoisotopic (exact) mass is 237 g/mol. The number of ether oxygens (including phenoxy) is 1. The predicted molar refractivity (Wildman–Crippen MR) is 61.2 cm³/mol. The van der Waals surface area contributed by atoms with E-state index >= 15 is 0 Å². The van der Waals surface area contributed by atoms with Gasteiger partial charge in [-0.15, -0.1) is 10.2 Å². The molecule has 1 aromatic heterocycles. The summed E-state index contributed by atoms with van der Waals surface area (Å²) in [6.45, 7) is 2.77. The van der Waals surface area contributed by atoms with E-state index in [4.69, 9.17) is 9.84 Å². The van der Waals surface area contributed by atoms with Crippen LogP contribution in [0.4, 0.5) is 5.82 Å². The maximum Gasteiger partial charge on any atom is 0.356 e. The van der Waals surface area contributed by atoms with Crippen LogP contribution in [0.5, 0.6) is 0 Å². The van der Waals surface area contributed by atoms with Gasteiger partial charge in [0.15, 0.2) is 11.5 Å². The average Bonchev–Trinajstić information content (AvgIpc) is 2.74. The first-order valence-corrected chi connectivity index (χ1v) is 5.51. The van der Waals surface area contributed by atoms with Crippen LogP contribution in [-0.2, 0) is 4.74 Å². The average molecular weight is 237 g/mol. The minimum absolute atomic E-state index is 0.0436. The molecule has 1 aliphatic heterocycles. The number of hydrogen-bond donors (Lipinski definition) is 1. The molecule has 1 fully saturated rings. The molecule has 1 saturated heterocycles. The standard InChI is InChI=1S/C11H15N3O3/c1-7-9(5-6-17-7)14(2)10-4-3-8(11(15)16)12-13-10/h3-4,7,9H,5-6H2,1-2H3,(H,15,16). The summed E-state index contributed by atoms with van der Waals surface area (Å²) in [5, 5.41) is 16.3. The zero-order valence-electron chi connectivity index (χ0n) is 9.83. The maximum absolute atomic E-state index is 10.7. The second kappa shape index (κ2) is 4.67. The first-order chi connectivity index (χ1) is 8.09. The van der Waals surface area contributed by atoms with Crippen LogP contribution in [0.3, 0.4) is 0 Å². The molecule has 2 atom stereocenters. The third-order valence-corrected chi connectivity index (χ3v) is 3.06. The number of aromatic nitrogens is 2. The summed E-state index contributed by atoms with van der Waals surface area (Å²) in [5.41, 5.74) is -0.0436. The van der Waals surface area contributed by atoms with Crippen LogP contribution in [-0.4, -0.2) is 47.1 Å². The lowest BCUT2D eigenvalue weighted by Crippen LogP contribution is -2.37. The predicted octanol–water partition coefficient (Wildman–Crippen LogP) is 0.788. The molecule has 0 amide bonds. The molecule has 17 heavy (non-hydrogen) atoms. The molecular weight excluding hydrogens is 222 g/mol. The molecule has 6 heteroatoms. The van der Waals surface area contributed by atoms with E-state index in [9.17, 15) is 4.79 Å². The van der Waals surface area contributed by atoms with E-state index in [1.165, 1.54) is 6.07 Å². The van der Waals surface area contributed by atoms with Crippen molar-refractivity contribution in [1.29, 1.82) is 0 Å². The highest BCUT2D eigenvalue weighted by Crippen LogP contribution is 2.22. The molecule has 1 aromatic rings. The van der Waals surface area contributed by atoms with E-state index in [1.54, 1.807) is 6.07 Å². The second-order valence-corrected chi connectivity index (χ2v) is 4.12. The van der Waals surface area contributed by atoms with Crippen LogP contribution in [0.25, 0.3) is 0 Å². The number of carbonyl (C=O) groups is 1. The molecule has 0 spiro atoms. The van der Waals surface area contributed by atoms with Gasteiger partial charge in [-0.25, -0.2) is 4.79 Å². The van der Waals surface area contributed by atoms with Crippen molar-refractivity contribution in [2.75, 3.05) is 18.6 Å². The second-order valence-electron chi connectivity index (χ2n) is 4.12. The molecule has 0 saturated carbocycles. The van der Waals surface area contributed by atoms with E-state index in [0.29, 0.717) is 5.82 Å². The molecule has 0 aromatic carbocycles. The summed E-state index contributed by atoms with van der Waals surface area (Å²) in [5.74, 6) is -0.401. The Morgan fingerprint density at radius 3 is 2.76 bits per heavy atom. The van der Waals surface area contributed by atoms with Crippen molar-refractivity contribution < 1.29 is 14.6 Å². The van der Waals surface area contributed by atoms with Gasteiger partial charge in [-0.2, -0.15) is 0 Å². The molecule has 1 aliphatic rings. The van der Waals surface area contributed by atoms with Crippen molar-refractivity contribution in [3.63, 3.8) is 0 Å². The zero-order chi connectivity index (χ0) is 12.4. The summed E-state index contributed by atoms with van der Waals surface area (Å²) in [6.07, 6.45) is 1.10. The highest BCUT2D eigenvalue weighted by molar-refractivity contribution is 5.85. The molecule has 2 heterocycles. The van der Waals surface area contributed by atoms with Crippen molar-refractivity contribution in [1.82, 2.24) is 10.2 Å². The number of carboxylic acid groups (broad SMARTS) is 1. The van der Waals surface area contributed by atoms with Crippen molar-refractivity contribution in [2.24, 2.45) is 0 Å². The van der Waals surface area contributed by atoms with E-state index < -0.39 is 5.97 Å². The van der Waals surface area contributed by atoms with Crippen LogP contribution in [0, 0.1) is 0 Å². The van der Waals surface area contributed by atoms with Crippen LogP contribution in [0.1, 0.15) is 23.8 Å². The van der Waals surface area contributed by atoms with Gasteiger partial charge >= 0.3 is 5.97 Å². The number of anilines is 1. The van der Waals surface area contributed by atoms with Gasteiger partial charge in [0, 0.05) is 13.7 Å². The molecule has 2 rings (SSSR count). The third-order valence-electron chi connectivity index (χ3n) is 3.06. The van der Waals surface area contributed by atoms with Gasteiger partial charge in [0.2, 0.25) is 0 Å². The Balaban J connectivity index is 2.14. The van der Waals surface area contributed by atoms with Gasteiger partial charge in [-0.1, -0.05) is 0 Å². The lowest BCUT2D eigenvalue weighted by Gasteiger charge is -2.27. The number of nitrogens with zero attached hydrogens (tertiary/aromatic N) is 3. The highest BCUT2D eigenvalue weighted by Gasteiger charge is 2.28. The Hall–Kier alpha value is -1.69. The first kappa shape index (κ1) is 11.8. The van der Waals surface area contributed by atoms with E-state index in [0.717, 1.165) is 13.0 Å². The molecule has 0 aliphatic carbocycles. The summed E-state index contributed by atoms with van der Waals surface area (Å²) in [6, 6.07) is 3.39. The Morgan fingerprint density at radius 2 is 2.29 bits per heavy atom. The summed E-state index contributed by atoms with van der Waals surface area (Å²) in [7, 11) is 1.92. The van der Waals surface area contributed by atoms with Crippen LogP contribution < -0.4 is 4.90 Å². The lowest BCUT2D eigenvalue weighted by molar-refractivity contribution is 0.0689. The largest absolute Gasteiger partial charge is 0.476 e. The van der Waals surface area contributed by atoms with Gasteiger partial charge in [-0.3, -0.25) is 0 Å². The van der Waals surface area contributed by atoms with Crippen LogP contribution in [0.15, 0.2) is 12.1 Å². The van der Waals surface area contributed by atoms with Gasteiger partial charge in [0.1, 0.15) is 0 Å². The lowest BCUT2D eigenvalue weighted by atomic mass is 10.1. The Labute approximate surface area is 99.2 Å². The molecule has 2 unspecified atom stereocenters. The summed E-state index contributed by atoms with van der Waals surface area (Å²) in [4.78, 5) is 12.6. The number of rotatable bonds is 3. The van der Waals surface area contributed by atoms with Crippen molar-refractivity contribution >= 4 is 11.8 Å². The van der Waals surface area contributed by atoms with Crippen LogP contribution >= 0.6 is 0 Å². The first-order valence-electron chi connectivity index (χ1n) is 5.51. The Kier molecular flexibility index (Phi) is 3.23. The Bertz CT molecular complexity index is 407. The number of carboxylic acids is 1. The number of hydrogen-bond acceptors (Lipinski definition) is 5. The number of aromatic carboxylic acids is 1. The molecule has 0 radical (unpaired) electrons. The van der Waals surface area contributed by atoms with Crippen molar-refractivity contribution in [3.05, 3.63) is 17.8 Å². The Morgan fingerprint density at radius 1 is 1.53 bits per heavy atom. The third kappa shape index (κ3) is 2.36. The normalized spacial score (nSPS) is 23.6. The van der Waals surface area contributed by atoms with Gasteiger partial charge in [-0.05, 0) is 25.5 Å². The van der Waals surface area contributed by atoms with Crippen molar-refractivity contribution in [2.45, 2.75) is 25.5 Å². The zero-order valence-corrected chi connectivity index (χ0v) is 9.83. The van der Waals surface area contributed by atoms with Gasteiger partial charge in [0.25, 0.3) is 0 Å². The summed E-state index contributed by atoms with van der Waals surface area (Å²) >= 11 is 0. The highest BCUT2D eigenvalue weighted by atomic mass is 16.5. The van der Waals surface area contributed by atoms with Gasteiger partial charge in [0.05, 0.1) is 12.1 Å². The molecule has 0 bridgehead atoms. The van der Waals surface area contributed by atoms with Crippen molar-refractivity contribution in [3.8, 4) is 0 Å². The van der Waals surface area contributed by atoms with E-state index in [2.05, 4.69) is 10.2 Å². The molecular formula is C11H15N3O3. The molecule has 1 N–H and O–H groups in total. The minimum atomic E-state index is -1.07. The van der Waals surface area contributed by atoms with Gasteiger partial charge < -0.3 is 14.7 Å². The quantitative estimate of drug-likeness (QED) is 0.837. The maximum atomic E-state index is 10.7. The molecule has 92 valence electrons. The fraction of sp³-hybridized carbons (Fsp3) is 0.545. The minimum Gasteiger partial charge on any atom is -0.476 e. The van der Waals surface area contributed by atoms with E-state index in [1.807, 2.05) is 18.9 Å². The van der Waals surface area contributed by atoms with Crippen LogP contribution in [0.2, 0.25) is 0 Å². The SMILES string of the molecule is CC1OCCC1N(C)c1ccc(C(=O)O)nn1. The molecule has 6 nitrogen and oxygen atoms in total. The topological polar surface area (TPSA) is 75.5 Å². The fourth-order valence-corrected chi connectivity index (χ4v) is 2.03. The summed E-state index contributed by atoms with van der Waals surface area (Å²) < 4.78 is 5.49. The smallest absolute Gasteiger partial charge is 0.356 e. The van der Waals surface area contributed by atoms with E-state index in [-0.39, 0.29) is 17.8 Å². The fourth-order valence-electron chi connectivity index (χ4n) is 2.03.